The molecule has 1 aliphatic heterocycles. The van der Waals surface area contributed by atoms with Gasteiger partial charge in [-0.05, 0) is 26.0 Å². The highest BCUT2D eigenvalue weighted by Crippen LogP contribution is 2.18. The number of aliphatic imine (C=N–C) groups is 1. The second-order valence-electron chi connectivity index (χ2n) is 7.08. The van der Waals surface area contributed by atoms with Crippen molar-refractivity contribution in [1.82, 2.24) is 20.4 Å². The highest BCUT2D eigenvalue weighted by atomic mass is 16.5. The number of benzene rings is 1. The zero-order valence-corrected chi connectivity index (χ0v) is 17.9. The molecule has 0 atom stereocenters. The zero-order valence-electron chi connectivity index (χ0n) is 17.9. The third-order valence-corrected chi connectivity index (χ3v) is 4.63. The van der Waals surface area contributed by atoms with Gasteiger partial charge in [-0.1, -0.05) is 18.2 Å². The van der Waals surface area contributed by atoms with Crippen molar-refractivity contribution in [1.29, 1.82) is 0 Å². The minimum atomic E-state index is 0.00235. The van der Waals surface area contributed by atoms with Crippen LogP contribution in [0.25, 0.3) is 0 Å². The van der Waals surface area contributed by atoms with Gasteiger partial charge in [-0.15, -0.1) is 0 Å². The summed E-state index contributed by atoms with van der Waals surface area (Å²) in [4.78, 5) is 20.6. The highest BCUT2D eigenvalue weighted by molar-refractivity contribution is 5.86. The van der Waals surface area contributed by atoms with Gasteiger partial charge in [-0.2, -0.15) is 0 Å². The maximum absolute atomic E-state index is 11.9. The molecule has 1 saturated heterocycles. The second-order valence-corrected chi connectivity index (χ2v) is 7.08. The number of para-hydroxylation sites is 1. The number of amides is 1. The molecule has 162 valence electrons. The van der Waals surface area contributed by atoms with Crippen LogP contribution < -0.4 is 15.4 Å². The van der Waals surface area contributed by atoms with Crippen molar-refractivity contribution in [2.45, 2.75) is 19.9 Å². The molecule has 1 fully saturated rings. The summed E-state index contributed by atoms with van der Waals surface area (Å²) in [5.41, 5.74) is 1.02. The summed E-state index contributed by atoms with van der Waals surface area (Å²) in [6, 6.07) is 7.89. The Morgan fingerprint density at radius 3 is 2.72 bits per heavy atom. The van der Waals surface area contributed by atoms with Gasteiger partial charge in [-0.3, -0.25) is 9.69 Å². The summed E-state index contributed by atoms with van der Waals surface area (Å²) in [6.07, 6.45) is 0.998. The Labute approximate surface area is 174 Å². The first-order chi connectivity index (χ1) is 14.1. The van der Waals surface area contributed by atoms with Crippen molar-refractivity contribution >= 4 is 11.9 Å². The molecule has 0 spiro atoms. The predicted octanol–water partition coefficient (Wildman–Crippen LogP) is 0.931. The van der Waals surface area contributed by atoms with Crippen LogP contribution >= 0.6 is 0 Å². The van der Waals surface area contributed by atoms with Crippen molar-refractivity contribution in [3.8, 4) is 5.75 Å². The first-order valence-corrected chi connectivity index (χ1v) is 10.3. The first kappa shape index (κ1) is 23.0. The minimum absolute atomic E-state index is 0.00235. The van der Waals surface area contributed by atoms with Gasteiger partial charge in [0.05, 0.1) is 32.9 Å². The Balaban J connectivity index is 1.90. The van der Waals surface area contributed by atoms with E-state index in [9.17, 15) is 4.79 Å². The number of rotatable bonds is 10. The molecule has 1 aliphatic rings. The number of hydrogen-bond donors (Lipinski definition) is 2. The molecule has 1 amide bonds. The molecule has 0 saturated carbocycles. The normalized spacial score (nSPS) is 15.1. The summed E-state index contributed by atoms with van der Waals surface area (Å²) in [7, 11) is 3.49. The lowest BCUT2D eigenvalue weighted by Crippen LogP contribution is -2.44. The van der Waals surface area contributed by atoms with E-state index in [0.29, 0.717) is 19.1 Å². The number of carbonyl (C=O) groups excluding carboxylic acids is 1. The van der Waals surface area contributed by atoms with Crippen LogP contribution in [-0.2, 0) is 16.1 Å². The van der Waals surface area contributed by atoms with Gasteiger partial charge in [0.2, 0.25) is 5.91 Å². The van der Waals surface area contributed by atoms with Crippen LogP contribution in [0.3, 0.4) is 0 Å². The zero-order chi connectivity index (χ0) is 20.9. The molecule has 1 heterocycles. The Morgan fingerprint density at radius 2 is 2.00 bits per heavy atom. The first-order valence-electron chi connectivity index (χ1n) is 10.3. The number of carbonyl (C=O) groups is 1. The molecule has 1 aromatic carbocycles. The fourth-order valence-electron chi connectivity index (χ4n) is 2.92. The molecule has 0 aliphatic carbocycles. The van der Waals surface area contributed by atoms with Gasteiger partial charge in [0, 0.05) is 39.3 Å². The third-order valence-electron chi connectivity index (χ3n) is 4.63. The number of hydrogen-bond acceptors (Lipinski definition) is 5. The van der Waals surface area contributed by atoms with E-state index in [4.69, 9.17) is 9.47 Å². The fraction of sp³-hybridized carbons (Fsp3) is 0.619. The third kappa shape index (κ3) is 8.70. The number of nitrogens with zero attached hydrogens (tertiary/aromatic N) is 3. The van der Waals surface area contributed by atoms with E-state index in [2.05, 4.69) is 20.5 Å². The van der Waals surface area contributed by atoms with Gasteiger partial charge in [0.15, 0.2) is 5.96 Å². The second kappa shape index (κ2) is 13.0. The maximum atomic E-state index is 11.9. The molecule has 0 bridgehead atoms. The van der Waals surface area contributed by atoms with Gasteiger partial charge < -0.3 is 25.0 Å². The summed E-state index contributed by atoms with van der Waals surface area (Å²) >= 11 is 0. The summed E-state index contributed by atoms with van der Waals surface area (Å²) in [5, 5.41) is 6.48. The molecule has 8 nitrogen and oxygen atoms in total. The van der Waals surface area contributed by atoms with Crippen LogP contribution in [-0.4, -0.2) is 88.3 Å². The molecule has 0 aromatic heterocycles. The van der Waals surface area contributed by atoms with E-state index in [1.807, 2.05) is 31.2 Å². The van der Waals surface area contributed by atoms with Crippen molar-refractivity contribution in [3.05, 3.63) is 29.8 Å². The summed E-state index contributed by atoms with van der Waals surface area (Å²) < 4.78 is 11.1. The molecule has 0 unspecified atom stereocenters. The standard InChI is InChI=1S/C21H35N5O3/c1-4-29-19-9-6-5-8-18(19)16-23-21(24-17-20(27)25(2)3)22-10-7-11-26-12-14-28-15-13-26/h5-6,8-9H,4,7,10-17H2,1-3H3,(H2,22,23,24). The Kier molecular flexibility index (Phi) is 10.3. The number of guanidine groups is 1. The van der Waals surface area contributed by atoms with Crippen LogP contribution in [0, 0.1) is 0 Å². The van der Waals surface area contributed by atoms with Crippen LogP contribution in [0.2, 0.25) is 0 Å². The topological polar surface area (TPSA) is 78.4 Å². The van der Waals surface area contributed by atoms with Crippen molar-refractivity contribution in [3.63, 3.8) is 0 Å². The minimum Gasteiger partial charge on any atom is -0.494 e. The van der Waals surface area contributed by atoms with Crippen LogP contribution in [0.1, 0.15) is 18.9 Å². The summed E-state index contributed by atoms with van der Waals surface area (Å²) in [6.45, 7) is 8.68. The Bertz CT molecular complexity index is 645. The van der Waals surface area contributed by atoms with Crippen molar-refractivity contribution in [2.75, 3.05) is 66.6 Å². The van der Waals surface area contributed by atoms with E-state index >= 15 is 0 Å². The lowest BCUT2D eigenvalue weighted by Gasteiger charge is -2.26. The largest absolute Gasteiger partial charge is 0.494 e. The molecule has 2 rings (SSSR count). The molecular formula is C21H35N5O3. The average molecular weight is 406 g/mol. The lowest BCUT2D eigenvalue weighted by atomic mass is 10.2. The quantitative estimate of drug-likeness (QED) is 0.343. The van der Waals surface area contributed by atoms with Gasteiger partial charge >= 0.3 is 0 Å². The average Bonchev–Trinajstić information content (AvgIpc) is 2.74. The molecule has 0 radical (unpaired) electrons. The predicted molar refractivity (Wildman–Crippen MR) is 115 cm³/mol. The van der Waals surface area contributed by atoms with Crippen LogP contribution in [0.15, 0.2) is 29.3 Å². The number of morpholine rings is 1. The molecule has 8 heteroatoms. The number of nitrogens with one attached hydrogen (secondary N) is 2. The van der Waals surface area contributed by atoms with Gasteiger partial charge in [-0.25, -0.2) is 4.99 Å². The van der Waals surface area contributed by atoms with E-state index in [1.54, 1.807) is 19.0 Å². The Hall–Kier alpha value is -2.32. The van der Waals surface area contributed by atoms with E-state index in [-0.39, 0.29) is 12.5 Å². The SMILES string of the molecule is CCOc1ccccc1CN=C(NCCCN1CCOCC1)NCC(=O)N(C)C. The van der Waals surface area contributed by atoms with E-state index < -0.39 is 0 Å². The van der Waals surface area contributed by atoms with Crippen molar-refractivity contribution in [2.24, 2.45) is 4.99 Å². The highest BCUT2D eigenvalue weighted by Gasteiger charge is 2.10. The smallest absolute Gasteiger partial charge is 0.241 e. The maximum Gasteiger partial charge on any atom is 0.241 e. The van der Waals surface area contributed by atoms with E-state index in [1.165, 1.54) is 0 Å². The molecule has 29 heavy (non-hydrogen) atoms. The Morgan fingerprint density at radius 1 is 1.24 bits per heavy atom. The van der Waals surface area contributed by atoms with Crippen LogP contribution in [0.4, 0.5) is 0 Å². The van der Waals surface area contributed by atoms with Gasteiger partial charge in [0.25, 0.3) is 0 Å². The molecule has 2 N–H and O–H groups in total. The number of ether oxygens (including phenoxy) is 2. The summed E-state index contributed by atoms with van der Waals surface area (Å²) in [5.74, 6) is 1.48. The van der Waals surface area contributed by atoms with E-state index in [0.717, 1.165) is 57.1 Å². The number of likely N-dealkylation sites (N-methyl/N-ethyl adjacent to an activating group) is 1. The lowest BCUT2D eigenvalue weighted by molar-refractivity contribution is -0.127. The van der Waals surface area contributed by atoms with Gasteiger partial charge in [0.1, 0.15) is 5.75 Å². The monoisotopic (exact) mass is 405 g/mol. The van der Waals surface area contributed by atoms with Crippen molar-refractivity contribution < 1.29 is 14.3 Å². The molecular weight excluding hydrogens is 370 g/mol. The molecule has 1 aromatic rings. The van der Waals surface area contributed by atoms with Crippen LogP contribution in [0.5, 0.6) is 5.75 Å². The fourth-order valence-corrected chi connectivity index (χ4v) is 2.92.